The van der Waals surface area contributed by atoms with E-state index in [2.05, 4.69) is 34.4 Å². The summed E-state index contributed by atoms with van der Waals surface area (Å²) in [5, 5.41) is 17.0. The van der Waals surface area contributed by atoms with Gasteiger partial charge in [-0.15, -0.1) is 0 Å². The van der Waals surface area contributed by atoms with Gasteiger partial charge >= 0.3 is 6.03 Å². The van der Waals surface area contributed by atoms with Crippen LogP contribution in [-0.4, -0.2) is 39.4 Å². The first-order chi connectivity index (χ1) is 11.1. The van der Waals surface area contributed by atoms with Crippen LogP contribution in [0, 0.1) is 0 Å². The average molecular weight is 333 g/mol. The zero-order chi connectivity index (χ0) is 16.3. The van der Waals surface area contributed by atoms with Crippen molar-refractivity contribution < 1.29 is 9.90 Å². The molecule has 5 nitrogen and oxygen atoms in total. The highest BCUT2D eigenvalue weighted by Gasteiger charge is 2.31. The minimum absolute atomic E-state index is 0.275. The van der Waals surface area contributed by atoms with Crippen molar-refractivity contribution in [2.45, 2.75) is 31.9 Å². The summed E-state index contributed by atoms with van der Waals surface area (Å²) in [6, 6.07) is 7.71. The Labute approximate surface area is 140 Å². The van der Waals surface area contributed by atoms with E-state index < -0.39 is 5.60 Å². The number of hydrogen-bond acceptors (Lipinski definition) is 3. The minimum Gasteiger partial charge on any atom is -0.387 e. The molecule has 2 aromatic rings. The molecule has 1 aliphatic heterocycles. The van der Waals surface area contributed by atoms with Crippen LogP contribution in [0.15, 0.2) is 30.5 Å². The van der Waals surface area contributed by atoms with Crippen LogP contribution in [0.4, 0.5) is 10.5 Å². The Morgan fingerprint density at radius 1 is 1.43 bits per heavy atom. The van der Waals surface area contributed by atoms with E-state index in [1.165, 1.54) is 5.39 Å². The quantitative estimate of drug-likeness (QED) is 0.788. The predicted octanol–water partition coefficient (Wildman–Crippen LogP) is 3.04. The van der Waals surface area contributed by atoms with Crippen LogP contribution < -0.4 is 10.6 Å². The highest BCUT2D eigenvalue weighted by molar-refractivity contribution is 7.99. The van der Waals surface area contributed by atoms with Crippen LogP contribution in [0.1, 0.15) is 19.8 Å². The molecule has 1 unspecified atom stereocenters. The van der Waals surface area contributed by atoms with Crippen molar-refractivity contribution in [1.82, 2.24) is 9.88 Å². The molecular weight excluding hydrogens is 310 g/mol. The summed E-state index contributed by atoms with van der Waals surface area (Å²) in [5.41, 5.74) is 1.12. The van der Waals surface area contributed by atoms with Gasteiger partial charge < -0.3 is 20.3 Å². The van der Waals surface area contributed by atoms with E-state index in [-0.39, 0.29) is 6.03 Å². The SMILES string of the molecule is CCCn1ccc2ccc(NC(=O)NCC3(O)CCSC3)cc21. The lowest BCUT2D eigenvalue weighted by atomic mass is 10.0. The van der Waals surface area contributed by atoms with Gasteiger partial charge in [0, 0.05) is 30.7 Å². The Balaban J connectivity index is 1.63. The first-order valence-electron chi connectivity index (χ1n) is 8.03. The number of carbonyl (C=O) groups is 1. The highest BCUT2D eigenvalue weighted by Crippen LogP contribution is 2.27. The summed E-state index contributed by atoms with van der Waals surface area (Å²) in [6.07, 6.45) is 3.87. The third-order valence-electron chi connectivity index (χ3n) is 4.16. The molecule has 2 amide bonds. The van der Waals surface area contributed by atoms with Crippen molar-refractivity contribution in [2.75, 3.05) is 23.4 Å². The van der Waals surface area contributed by atoms with Crippen molar-refractivity contribution in [3.63, 3.8) is 0 Å². The summed E-state index contributed by atoms with van der Waals surface area (Å²) in [7, 11) is 0. The van der Waals surface area contributed by atoms with E-state index in [9.17, 15) is 9.90 Å². The van der Waals surface area contributed by atoms with E-state index in [1.54, 1.807) is 11.8 Å². The van der Waals surface area contributed by atoms with Crippen molar-refractivity contribution in [1.29, 1.82) is 0 Å². The topological polar surface area (TPSA) is 66.3 Å². The Morgan fingerprint density at radius 2 is 2.30 bits per heavy atom. The monoisotopic (exact) mass is 333 g/mol. The molecule has 0 radical (unpaired) electrons. The minimum atomic E-state index is -0.762. The molecule has 124 valence electrons. The van der Waals surface area contributed by atoms with Gasteiger partial charge in [-0.05, 0) is 42.2 Å². The first kappa shape index (κ1) is 16.2. The van der Waals surface area contributed by atoms with Crippen molar-refractivity contribution in [2.24, 2.45) is 0 Å². The lowest BCUT2D eigenvalue weighted by Gasteiger charge is -2.21. The number of nitrogens with zero attached hydrogens (tertiary/aromatic N) is 1. The van der Waals surface area contributed by atoms with Gasteiger partial charge in [-0.1, -0.05) is 13.0 Å². The number of benzene rings is 1. The van der Waals surface area contributed by atoms with Crippen molar-refractivity contribution in [3.05, 3.63) is 30.5 Å². The van der Waals surface area contributed by atoms with E-state index in [0.717, 1.165) is 36.3 Å². The first-order valence-corrected chi connectivity index (χ1v) is 9.19. The number of rotatable bonds is 5. The van der Waals surface area contributed by atoms with E-state index >= 15 is 0 Å². The fourth-order valence-electron chi connectivity index (χ4n) is 2.85. The van der Waals surface area contributed by atoms with Gasteiger partial charge in [0.25, 0.3) is 0 Å². The number of aliphatic hydroxyl groups is 1. The molecule has 0 spiro atoms. The van der Waals surface area contributed by atoms with Gasteiger partial charge in [0.1, 0.15) is 0 Å². The third kappa shape index (κ3) is 3.82. The molecule has 23 heavy (non-hydrogen) atoms. The Morgan fingerprint density at radius 3 is 3.04 bits per heavy atom. The van der Waals surface area contributed by atoms with Gasteiger partial charge in [-0.2, -0.15) is 11.8 Å². The number of urea groups is 1. The van der Waals surface area contributed by atoms with E-state index in [4.69, 9.17) is 0 Å². The Bertz CT molecular complexity index is 692. The zero-order valence-electron chi connectivity index (χ0n) is 13.3. The Hall–Kier alpha value is -1.66. The molecule has 0 aliphatic carbocycles. The van der Waals surface area contributed by atoms with Crippen LogP contribution in [0.25, 0.3) is 10.9 Å². The third-order valence-corrected chi connectivity index (χ3v) is 5.39. The molecular formula is C17H23N3O2S. The maximum atomic E-state index is 12.0. The van der Waals surface area contributed by atoms with E-state index in [1.807, 2.05) is 18.2 Å². The zero-order valence-corrected chi connectivity index (χ0v) is 14.2. The molecule has 1 saturated heterocycles. The molecule has 3 N–H and O–H groups in total. The predicted molar refractivity (Wildman–Crippen MR) is 96.1 cm³/mol. The fraction of sp³-hybridized carbons (Fsp3) is 0.471. The number of amides is 2. The van der Waals surface area contributed by atoms with Crippen LogP contribution in [0.2, 0.25) is 0 Å². The highest BCUT2D eigenvalue weighted by atomic mass is 32.2. The van der Waals surface area contributed by atoms with Crippen LogP contribution in [0.5, 0.6) is 0 Å². The number of anilines is 1. The normalized spacial score (nSPS) is 20.8. The smallest absolute Gasteiger partial charge is 0.319 e. The van der Waals surface area contributed by atoms with Gasteiger partial charge in [0.2, 0.25) is 0 Å². The van der Waals surface area contributed by atoms with Gasteiger partial charge in [0.15, 0.2) is 0 Å². The largest absolute Gasteiger partial charge is 0.387 e. The van der Waals surface area contributed by atoms with Gasteiger partial charge in [0.05, 0.1) is 11.1 Å². The average Bonchev–Trinajstić information content (AvgIpc) is 3.13. The molecule has 3 rings (SSSR count). The Kier molecular flexibility index (Phi) is 4.82. The summed E-state index contributed by atoms with van der Waals surface area (Å²) in [6.45, 7) is 3.40. The van der Waals surface area contributed by atoms with Gasteiger partial charge in [-0.25, -0.2) is 4.79 Å². The standard InChI is InChI=1S/C17H23N3O2S/c1-2-7-20-8-5-13-3-4-14(10-15(13)20)19-16(21)18-11-17(22)6-9-23-12-17/h3-5,8,10,22H,2,6-7,9,11-12H2,1H3,(H2,18,19,21). The maximum Gasteiger partial charge on any atom is 0.319 e. The lowest BCUT2D eigenvalue weighted by molar-refractivity contribution is 0.0706. The second kappa shape index (κ2) is 6.84. The summed E-state index contributed by atoms with van der Waals surface area (Å²) in [5.74, 6) is 1.63. The van der Waals surface area contributed by atoms with Crippen LogP contribution in [-0.2, 0) is 6.54 Å². The maximum absolute atomic E-state index is 12.0. The number of carbonyl (C=O) groups excluding carboxylic acids is 1. The molecule has 1 aliphatic rings. The number of thioether (sulfide) groups is 1. The van der Waals surface area contributed by atoms with E-state index in [0.29, 0.717) is 12.3 Å². The number of hydrogen-bond donors (Lipinski definition) is 3. The molecule has 1 atom stereocenters. The molecule has 1 aromatic heterocycles. The second-order valence-corrected chi connectivity index (χ2v) is 7.22. The van der Waals surface area contributed by atoms with Crippen LogP contribution in [0.3, 0.4) is 0 Å². The fourth-order valence-corrected chi connectivity index (χ4v) is 4.15. The van der Waals surface area contributed by atoms with Crippen molar-refractivity contribution >= 4 is 34.4 Å². The molecule has 0 saturated carbocycles. The van der Waals surface area contributed by atoms with Crippen molar-refractivity contribution in [3.8, 4) is 0 Å². The summed E-state index contributed by atoms with van der Waals surface area (Å²) >= 11 is 1.72. The van der Waals surface area contributed by atoms with Crippen LogP contribution >= 0.6 is 11.8 Å². The molecule has 1 aromatic carbocycles. The number of fused-ring (bicyclic) bond motifs is 1. The molecule has 6 heteroatoms. The second-order valence-electron chi connectivity index (χ2n) is 6.12. The summed E-state index contributed by atoms with van der Waals surface area (Å²) in [4.78, 5) is 12.0. The number of aromatic nitrogens is 1. The molecule has 1 fully saturated rings. The molecule has 2 heterocycles. The number of nitrogens with one attached hydrogen (secondary N) is 2. The molecule has 0 bridgehead atoms. The van der Waals surface area contributed by atoms with Gasteiger partial charge in [-0.3, -0.25) is 0 Å². The lowest BCUT2D eigenvalue weighted by Crippen LogP contribution is -2.44. The number of aryl methyl sites for hydroxylation is 1. The summed E-state index contributed by atoms with van der Waals surface area (Å²) < 4.78 is 2.19.